The Morgan fingerprint density at radius 1 is 0.938 bits per heavy atom. The standard InChI is InChI=1S/C15H17N/c1-11-8-9-12(2)14(10-11)15(16)13-6-4-3-5-7-13/h3-10,15H,16H2,1-2H3. The van der Waals surface area contributed by atoms with Gasteiger partial charge in [-0.25, -0.2) is 0 Å². The second-order valence-electron chi connectivity index (χ2n) is 4.25. The lowest BCUT2D eigenvalue weighted by atomic mass is 9.94. The molecule has 0 radical (unpaired) electrons. The molecule has 1 nitrogen and oxygen atoms in total. The monoisotopic (exact) mass is 211 g/mol. The lowest BCUT2D eigenvalue weighted by molar-refractivity contribution is 0.860. The molecule has 2 aromatic rings. The summed E-state index contributed by atoms with van der Waals surface area (Å²) in [5.41, 5.74) is 11.2. The van der Waals surface area contributed by atoms with Crippen LogP contribution in [0, 0.1) is 13.8 Å². The highest BCUT2D eigenvalue weighted by molar-refractivity contribution is 5.38. The van der Waals surface area contributed by atoms with E-state index in [4.69, 9.17) is 5.73 Å². The van der Waals surface area contributed by atoms with E-state index in [9.17, 15) is 0 Å². The van der Waals surface area contributed by atoms with Crippen LogP contribution in [-0.4, -0.2) is 0 Å². The topological polar surface area (TPSA) is 26.0 Å². The van der Waals surface area contributed by atoms with Crippen molar-refractivity contribution >= 4 is 0 Å². The van der Waals surface area contributed by atoms with E-state index in [1.807, 2.05) is 18.2 Å². The van der Waals surface area contributed by atoms with Crippen LogP contribution in [0.1, 0.15) is 28.3 Å². The molecule has 0 saturated carbocycles. The second-order valence-corrected chi connectivity index (χ2v) is 4.25. The van der Waals surface area contributed by atoms with Crippen LogP contribution in [0.2, 0.25) is 0 Å². The molecule has 1 unspecified atom stereocenters. The van der Waals surface area contributed by atoms with E-state index in [-0.39, 0.29) is 6.04 Å². The van der Waals surface area contributed by atoms with Gasteiger partial charge in [-0.2, -0.15) is 0 Å². The lowest BCUT2D eigenvalue weighted by Gasteiger charge is -2.15. The highest BCUT2D eigenvalue weighted by Gasteiger charge is 2.10. The van der Waals surface area contributed by atoms with Crippen molar-refractivity contribution in [2.24, 2.45) is 5.73 Å². The first-order valence-corrected chi connectivity index (χ1v) is 5.56. The Morgan fingerprint density at radius 3 is 2.31 bits per heavy atom. The Balaban J connectivity index is 2.41. The first-order valence-electron chi connectivity index (χ1n) is 5.56. The van der Waals surface area contributed by atoms with Crippen molar-refractivity contribution in [3.05, 3.63) is 70.8 Å². The number of nitrogens with two attached hydrogens (primary N) is 1. The maximum Gasteiger partial charge on any atom is 0.0554 e. The summed E-state index contributed by atoms with van der Waals surface area (Å²) in [7, 11) is 0. The minimum atomic E-state index is -0.0268. The van der Waals surface area contributed by atoms with Crippen LogP contribution in [-0.2, 0) is 0 Å². The van der Waals surface area contributed by atoms with Gasteiger partial charge in [-0.15, -0.1) is 0 Å². The summed E-state index contributed by atoms with van der Waals surface area (Å²) in [6.07, 6.45) is 0. The molecule has 0 aromatic heterocycles. The number of rotatable bonds is 2. The van der Waals surface area contributed by atoms with Crippen molar-refractivity contribution in [2.75, 3.05) is 0 Å². The van der Waals surface area contributed by atoms with Crippen molar-refractivity contribution in [2.45, 2.75) is 19.9 Å². The molecule has 2 rings (SSSR count). The van der Waals surface area contributed by atoms with E-state index >= 15 is 0 Å². The van der Waals surface area contributed by atoms with Gasteiger partial charge in [0.25, 0.3) is 0 Å². The van der Waals surface area contributed by atoms with Crippen LogP contribution in [0.25, 0.3) is 0 Å². The molecule has 2 aromatic carbocycles. The average molecular weight is 211 g/mol. The first-order chi connectivity index (χ1) is 7.68. The third kappa shape index (κ3) is 2.15. The van der Waals surface area contributed by atoms with E-state index in [1.54, 1.807) is 0 Å². The summed E-state index contributed by atoms with van der Waals surface area (Å²) >= 11 is 0. The van der Waals surface area contributed by atoms with Gasteiger partial charge in [0.05, 0.1) is 6.04 Å². The molecule has 16 heavy (non-hydrogen) atoms. The lowest BCUT2D eigenvalue weighted by Crippen LogP contribution is -2.13. The summed E-state index contributed by atoms with van der Waals surface area (Å²) in [6, 6.07) is 16.6. The summed E-state index contributed by atoms with van der Waals surface area (Å²) < 4.78 is 0. The number of hydrogen-bond acceptors (Lipinski definition) is 1. The fraction of sp³-hybridized carbons (Fsp3) is 0.200. The van der Waals surface area contributed by atoms with Gasteiger partial charge in [0.15, 0.2) is 0 Å². The normalized spacial score (nSPS) is 12.4. The molecule has 2 N–H and O–H groups in total. The van der Waals surface area contributed by atoms with Crippen molar-refractivity contribution in [3.63, 3.8) is 0 Å². The molecule has 0 bridgehead atoms. The molecule has 0 amide bonds. The molecular weight excluding hydrogens is 194 g/mol. The van der Waals surface area contributed by atoms with Gasteiger partial charge in [0.2, 0.25) is 0 Å². The van der Waals surface area contributed by atoms with Gasteiger partial charge in [-0.05, 0) is 30.5 Å². The summed E-state index contributed by atoms with van der Waals surface area (Å²) in [5.74, 6) is 0. The van der Waals surface area contributed by atoms with E-state index in [0.717, 1.165) is 5.56 Å². The SMILES string of the molecule is Cc1ccc(C)c(C(N)c2ccccc2)c1. The summed E-state index contributed by atoms with van der Waals surface area (Å²) in [5, 5.41) is 0. The zero-order valence-electron chi connectivity index (χ0n) is 9.77. The third-order valence-corrected chi connectivity index (χ3v) is 2.93. The molecular formula is C15H17N. The molecule has 82 valence electrons. The van der Waals surface area contributed by atoms with Crippen LogP contribution in [0.4, 0.5) is 0 Å². The zero-order valence-corrected chi connectivity index (χ0v) is 9.77. The van der Waals surface area contributed by atoms with Crippen LogP contribution in [0.5, 0.6) is 0 Å². The van der Waals surface area contributed by atoms with E-state index in [2.05, 4.69) is 44.2 Å². The van der Waals surface area contributed by atoms with Gasteiger partial charge in [0, 0.05) is 0 Å². The highest BCUT2D eigenvalue weighted by Crippen LogP contribution is 2.23. The highest BCUT2D eigenvalue weighted by atomic mass is 14.6. The quantitative estimate of drug-likeness (QED) is 0.810. The van der Waals surface area contributed by atoms with Crippen LogP contribution in [0.15, 0.2) is 48.5 Å². The molecule has 0 heterocycles. The van der Waals surface area contributed by atoms with Crippen LogP contribution in [0.3, 0.4) is 0 Å². The maximum atomic E-state index is 6.29. The van der Waals surface area contributed by atoms with Crippen molar-refractivity contribution in [1.82, 2.24) is 0 Å². The van der Waals surface area contributed by atoms with Crippen molar-refractivity contribution < 1.29 is 0 Å². The van der Waals surface area contributed by atoms with Crippen molar-refractivity contribution in [3.8, 4) is 0 Å². The van der Waals surface area contributed by atoms with Crippen LogP contribution >= 0.6 is 0 Å². The molecule has 0 fully saturated rings. The minimum Gasteiger partial charge on any atom is -0.320 e. The Kier molecular flexibility index (Phi) is 3.07. The summed E-state index contributed by atoms with van der Waals surface area (Å²) in [6.45, 7) is 4.21. The predicted molar refractivity (Wildman–Crippen MR) is 68.4 cm³/mol. The molecule has 1 atom stereocenters. The molecule has 0 spiro atoms. The number of aryl methyl sites for hydroxylation is 2. The molecule has 0 saturated heterocycles. The van der Waals surface area contributed by atoms with E-state index < -0.39 is 0 Å². The van der Waals surface area contributed by atoms with E-state index in [1.165, 1.54) is 16.7 Å². The van der Waals surface area contributed by atoms with Gasteiger partial charge < -0.3 is 5.73 Å². The molecule has 0 aliphatic carbocycles. The Hall–Kier alpha value is -1.60. The van der Waals surface area contributed by atoms with Gasteiger partial charge in [-0.3, -0.25) is 0 Å². The van der Waals surface area contributed by atoms with Crippen LogP contribution < -0.4 is 5.73 Å². The summed E-state index contributed by atoms with van der Waals surface area (Å²) in [4.78, 5) is 0. The Labute approximate surface area is 96.9 Å². The fourth-order valence-corrected chi connectivity index (χ4v) is 1.93. The smallest absolute Gasteiger partial charge is 0.0554 e. The number of benzene rings is 2. The Bertz CT molecular complexity index is 474. The first kappa shape index (κ1) is 10.9. The van der Waals surface area contributed by atoms with Gasteiger partial charge in [-0.1, -0.05) is 54.1 Å². The minimum absolute atomic E-state index is 0.0268. The Morgan fingerprint density at radius 2 is 1.62 bits per heavy atom. The fourth-order valence-electron chi connectivity index (χ4n) is 1.93. The molecule has 0 aliphatic heterocycles. The molecule has 1 heteroatoms. The molecule has 0 aliphatic rings. The maximum absolute atomic E-state index is 6.29. The second kappa shape index (κ2) is 4.50. The zero-order chi connectivity index (χ0) is 11.5. The third-order valence-electron chi connectivity index (χ3n) is 2.93. The van der Waals surface area contributed by atoms with E-state index in [0.29, 0.717) is 0 Å². The van der Waals surface area contributed by atoms with Gasteiger partial charge in [0.1, 0.15) is 0 Å². The van der Waals surface area contributed by atoms with Crippen molar-refractivity contribution in [1.29, 1.82) is 0 Å². The van der Waals surface area contributed by atoms with Gasteiger partial charge >= 0.3 is 0 Å². The predicted octanol–water partition coefficient (Wildman–Crippen LogP) is 3.35. The largest absolute Gasteiger partial charge is 0.320 e. The average Bonchev–Trinajstić information content (AvgIpc) is 2.32. The number of hydrogen-bond donors (Lipinski definition) is 1.